The number of aryl methyl sites for hydroxylation is 1. The molecule has 0 aliphatic carbocycles. The molecule has 1 aliphatic rings. The predicted octanol–water partition coefficient (Wildman–Crippen LogP) is 2.62. The number of aliphatic hydroxyl groups is 2. The third-order valence-corrected chi connectivity index (χ3v) is 5.80. The van der Waals surface area contributed by atoms with Crippen LogP contribution in [0.2, 0.25) is 0 Å². The van der Waals surface area contributed by atoms with Gasteiger partial charge in [-0.3, -0.25) is 9.69 Å². The van der Waals surface area contributed by atoms with Crippen molar-refractivity contribution in [2.24, 2.45) is 0 Å². The van der Waals surface area contributed by atoms with E-state index in [-0.39, 0.29) is 43.6 Å². The first-order valence-corrected chi connectivity index (χ1v) is 10.6. The molecule has 168 valence electrons. The van der Waals surface area contributed by atoms with Gasteiger partial charge in [-0.25, -0.2) is 4.39 Å². The summed E-state index contributed by atoms with van der Waals surface area (Å²) >= 11 is 0. The zero-order chi connectivity index (χ0) is 22.5. The van der Waals surface area contributed by atoms with Crippen LogP contribution in [0.5, 0.6) is 5.75 Å². The summed E-state index contributed by atoms with van der Waals surface area (Å²) in [5.74, 6) is -0.00314. The Balaban J connectivity index is 1.62. The number of hydrogen-bond donors (Lipinski definition) is 2. The summed E-state index contributed by atoms with van der Waals surface area (Å²) in [4.78, 5) is 17.0. The van der Waals surface area contributed by atoms with Crippen LogP contribution in [-0.2, 0) is 24.6 Å². The number of carbonyl (C=O) groups is 1. The SMILES string of the molecule is Cc1cc(CO)c(OCC(=O)N2C[C@@H](C)N(Cc3ccc(F)cc3)C[C@@H]2C)c(CO)c1. The molecular weight excluding hydrogens is 399 g/mol. The second-order valence-corrected chi connectivity index (χ2v) is 8.32. The average molecular weight is 431 g/mol. The van der Waals surface area contributed by atoms with Gasteiger partial charge in [0, 0.05) is 42.8 Å². The quantitative estimate of drug-likeness (QED) is 0.707. The summed E-state index contributed by atoms with van der Waals surface area (Å²) in [6.07, 6.45) is 0. The zero-order valence-electron chi connectivity index (χ0n) is 18.3. The Hall–Kier alpha value is -2.48. The number of piperazine rings is 1. The fourth-order valence-electron chi connectivity index (χ4n) is 4.16. The van der Waals surface area contributed by atoms with Gasteiger partial charge in [0.1, 0.15) is 11.6 Å². The number of hydrogen-bond acceptors (Lipinski definition) is 5. The van der Waals surface area contributed by atoms with Crippen molar-refractivity contribution in [1.29, 1.82) is 0 Å². The van der Waals surface area contributed by atoms with Crippen molar-refractivity contribution in [3.8, 4) is 5.75 Å². The first kappa shape index (κ1) is 23.2. The van der Waals surface area contributed by atoms with E-state index in [9.17, 15) is 19.4 Å². The molecule has 2 N–H and O–H groups in total. The van der Waals surface area contributed by atoms with Crippen LogP contribution >= 0.6 is 0 Å². The van der Waals surface area contributed by atoms with Crippen LogP contribution in [0.3, 0.4) is 0 Å². The normalized spacial score (nSPS) is 19.5. The summed E-state index contributed by atoms with van der Waals surface area (Å²) in [5.41, 5.74) is 3.06. The van der Waals surface area contributed by atoms with Crippen molar-refractivity contribution in [2.45, 2.75) is 52.6 Å². The van der Waals surface area contributed by atoms with Gasteiger partial charge in [0.2, 0.25) is 0 Å². The molecule has 2 atom stereocenters. The van der Waals surface area contributed by atoms with E-state index in [0.717, 1.165) is 11.1 Å². The number of aliphatic hydroxyl groups excluding tert-OH is 2. The lowest BCUT2D eigenvalue weighted by Gasteiger charge is -2.44. The van der Waals surface area contributed by atoms with E-state index in [1.807, 2.05) is 18.7 Å². The molecular formula is C24H31FN2O4. The van der Waals surface area contributed by atoms with Crippen LogP contribution in [0.15, 0.2) is 36.4 Å². The third kappa shape index (κ3) is 5.61. The number of rotatable bonds is 7. The highest BCUT2D eigenvalue weighted by Crippen LogP contribution is 2.27. The largest absolute Gasteiger partial charge is 0.483 e. The smallest absolute Gasteiger partial charge is 0.260 e. The van der Waals surface area contributed by atoms with Crippen LogP contribution in [0, 0.1) is 12.7 Å². The van der Waals surface area contributed by atoms with Gasteiger partial charge in [-0.15, -0.1) is 0 Å². The Morgan fingerprint density at radius 2 is 1.68 bits per heavy atom. The van der Waals surface area contributed by atoms with Gasteiger partial charge in [-0.2, -0.15) is 0 Å². The maximum absolute atomic E-state index is 13.2. The van der Waals surface area contributed by atoms with Crippen LogP contribution in [0.1, 0.15) is 36.1 Å². The van der Waals surface area contributed by atoms with Gasteiger partial charge in [-0.1, -0.05) is 29.8 Å². The van der Waals surface area contributed by atoms with E-state index >= 15 is 0 Å². The minimum Gasteiger partial charge on any atom is -0.483 e. The molecule has 0 aromatic heterocycles. The Morgan fingerprint density at radius 3 is 2.26 bits per heavy atom. The predicted molar refractivity (Wildman–Crippen MR) is 116 cm³/mol. The number of nitrogens with zero attached hydrogens (tertiary/aromatic N) is 2. The molecule has 6 nitrogen and oxygen atoms in total. The van der Waals surface area contributed by atoms with Crippen molar-refractivity contribution in [3.63, 3.8) is 0 Å². The average Bonchev–Trinajstić information content (AvgIpc) is 2.75. The highest BCUT2D eigenvalue weighted by atomic mass is 19.1. The molecule has 2 aromatic rings. The van der Waals surface area contributed by atoms with Gasteiger partial charge in [0.25, 0.3) is 5.91 Å². The van der Waals surface area contributed by atoms with Gasteiger partial charge in [0.15, 0.2) is 6.61 Å². The van der Waals surface area contributed by atoms with E-state index in [4.69, 9.17) is 4.74 Å². The maximum Gasteiger partial charge on any atom is 0.260 e. The lowest BCUT2D eigenvalue weighted by molar-refractivity contribution is -0.139. The number of ether oxygens (including phenoxy) is 1. The van der Waals surface area contributed by atoms with Crippen LogP contribution < -0.4 is 4.74 Å². The van der Waals surface area contributed by atoms with Crippen molar-refractivity contribution in [2.75, 3.05) is 19.7 Å². The molecule has 1 aliphatic heterocycles. The molecule has 1 saturated heterocycles. The van der Waals surface area contributed by atoms with Crippen molar-refractivity contribution < 1.29 is 24.1 Å². The number of benzene rings is 2. The standard InChI is InChI=1S/C24H31FN2O4/c1-16-8-20(13-28)24(21(9-16)14-29)31-15-23(30)27-11-17(2)26(10-18(27)3)12-19-4-6-22(25)7-5-19/h4-9,17-18,28-29H,10-15H2,1-3H3/t17-,18+/m1/s1. The molecule has 7 heteroatoms. The summed E-state index contributed by atoms with van der Waals surface area (Å²) in [6, 6.07) is 10.2. The Labute approximate surface area is 182 Å². The molecule has 1 fully saturated rings. The summed E-state index contributed by atoms with van der Waals surface area (Å²) in [6.45, 7) is 7.32. The van der Waals surface area contributed by atoms with E-state index in [2.05, 4.69) is 11.8 Å². The summed E-state index contributed by atoms with van der Waals surface area (Å²) < 4.78 is 18.9. The van der Waals surface area contributed by atoms with Crippen LogP contribution in [0.25, 0.3) is 0 Å². The summed E-state index contributed by atoms with van der Waals surface area (Å²) in [7, 11) is 0. The Kier molecular flexibility index (Phi) is 7.64. The molecule has 31 heavy (non-hydrogen) atoms. The minimum absolute atomic E-state index is 0.000362. The first-order valence-electron chi connectivity index (χ1n) is 10.6. The molecule has 0 unspecified atom stereocenters. The highest BCUT2D eigenvalue weighted by Gasteiger charge is 2.32. The molecule has 0 saturated carbocycles. The molecule has 2 aromatic carbocycles. The lowest BCUT2D eigenvalue weighted by Crippen LogP contribution is -2.58. The lowest BCUT2D eigenvalue weighted by atomic mass is 10.1. The highest BCUT2D eigenvalue weighted by molar-refractivity contribution is 5.78. The van der Waals surface area contributed by atoms with E-state index in [0.29, 0.717) is 36.5 Å². The van der Waals surface area contributed by atoms with Gasteiger partial charge in [-0.05, 0) is 38.5 Å². The Morgan fingerprint density at radius 1 is 1.06 bits per heavy atom. The van der Waals surface area contributed by atoms with Crippen molar-refractivity contribution >= 4 is 5.91 Å². The number of halogens is 1. The van der Waals surface area contributed by atoms with Crippen LogP contribution in [0.4, 0.5) is 4.39 Å². The van der Waals surface area contributed by atoms with Crippen LogP contribution in [-0.4, -0.2) is 57.7 Å². The van der Waals surface area contributed by atoms with Gasteiger partial charge >= 0.3 is 0 Å². The fourth-order valence-corrected chi connectivity index (χ4v) is 4.16. The topological polar surface area (TPSA) is 73.2 Å². The third-order valence-electron chi connectivity index (χ3n) is 5.80. The zero-order valence-corrected chi connectivity index (χ0v) is 18.3. The Bertz CT molecular complexity index is 878. The monoisotopic (exact) mass is 430 g/mol. The van der Waals surface area contributed by atoms with Crippen molar-refractivity contribution in [1.82, 2.24) is 9.80 Å². The minimum atomic E-state index is -0.247. The maximum atomic E-state index is 13.2. The number of amides is 1. The van der Waals surface area contributed by atoms with E-state index in [1.54, 1.807) is 24.3 Å². The van der Waals surface area contributed by atoms with E-state index < -0.39 is 0 Å². The molecule has 0 radical (unpaired) electrons. The van der Waals surface area contributed by atoms with Crippen molar-refractivity contribution in [3.05, 3.63) is 64.5 Å². The van der Waals surface area contributed by atoms with E-state index in [1.165, 1.54) is 12.1 Å². The molecule has 1 heterocycles. The molecule has 0 spiro atoms. The molecule has 0 bridgehead atoms. The fraction of sp³-hybridized carbons (Fsp3) is 0.458. The second kappa shape index (κ2) is 10.2. The summed E-state index contributed by atoms with van der Waals surface area (Å²) in [5, 5.41) is 19.3. The second-order valence-electron chi connectivity index (χ2n) is 8.32. The number of carbonyl (C=O) groups excluding carboxylic acids is 1. The molecule has 1 amide bonds. The van der Waals surface area contributed by atoms with Gasteiger partial charge < -0.3 is 19.8 Å². The first-order chi connectivity index (χ1) is 14.8. The van der Waals surface area contributed by atoms with Gasteiger partial charge in [0.05, 0.1) is 13.2 Å². The molecule has 3 rings (SSSR count).